The van der Waals surface area contributed by atoms with Crippen molar-refractivity contribution in [3.05, 3.63) is 60.2 Å². The van der Waals surface area contributed by atoms with Crippen LogP contribution in [0, 0.1) is 0 Å². The summed E-state index contributed by atoms with van der Waals surface area (Å²) in [6.45, 7) is 8.42. The van der Waals surface area contributed by atoms with Crippen molar-refractivity contribution in [2.24, 2.45) is 5.73 Å². The van der Waals surface area contributed by atoms with Gasteiger partial charge in [-0.25, -0.2) is 4.79 Å². The Hall–Kier alpha value is -2.33. The Morgan fingerprint density at radius 2 is 1.60 bits per heavy atom. The minimum Gasteiger partial charge on any atom is -0.444 e. The maximum absolute atomic E-state index is 12.0. The summed E-state index contributed by atoms with van der Waals surface area (Å²) in [4.78, 5) is 12.0. The molecule has 2 aromatic carbocycles. The third-order valence-electron chi connectivity index (χ3n) is 4.13. The fraction of sp³-hybridized carbons (Fsp3) is 0.381. The van der Waals surface area contributed by atoms with Crippen molar-refractivity contribution in [2.75, 3.05) is 13.1 Å². The van der Waals surface area contributed by atoms with Gasteiger partial charge in [-0.05, 0) is 37.5 Å². The molecule has 134 valence electrons. The molecule has 4 heteroatoms. The Morgan fingerprint density at radius 1 is 1.00 bits per heavy atom. The molecule has 2 aromatic rings. The zero-order chi connectivity index (χ0) is 18.5. The Kier molecular flexibility index (Phi) is 5.85. The molecule has 0 aliphatic rings. The van der Waals surface area contributed by atoms with E-state index in [1.807, 2.05) is 51.1 Å². The van der Waals surface area contributed by atoms with Gasteiger partial charge >= 0.3 is 6.09 Å². The third-order valence-corrected chi connectivity index (χ3v) is 4.13. The van der Waals surface area contributed by atoms with E-state index in [4.69, 9.17) is 10.5 Å². The van der Waals surface area contributed by atoms with Crippen LogP contribution in [-0.2, 0) is 10.2 Å². The molecule has 1 unspecified atom stereocenters. The molecule has 1 amide bonds. The van der Waals surface area contributed by atoms with Crippen molar-refractivity contribution in [3.8, 4) is 11.1 Å². The summed E-state index contributed by atoms with van der Waals surface area (Å²) in [6, 6.07) is 18.4. The van der Waals surface area contributed by atoms with Gasteiger partial charge in [-0.15, -0.1) is 0 Å². The SMILES string of the molecule is CC(C)(C)OC(=O)NCC(C)(CN)c1ccccc1-c1ccccc1. The topological polar surface area (TPSA) is 64.3 Å². The standard InChI is InChI=1S/C21H28N2O2/c1-20(2,3)25-19(24)23-15-21(4,14-22)18-13-9-8-12-17(18)16-10-6-5-7-11-16/h5-13H,14-15,22H2,1-4H3,(H,23,24). The van der Waals surface area contributed by atoms with Crippen LogP contribution in [-0.4, -0.2) is 24.8 Å². The fourth-order valence-electron chi connectivity index (χ4n) is 2.74. The Morgan fingerprint density at radius 3 is 2.20 bits per heavy atom. The van der Waals surface area contributed by atoms with Gasteiger partial charge in [0.05, 0.1) is 0 Å². The summed E-state index contributed by atoms with van der Waals surface area (Å²) in [5, 5.41) is 2.87. The van der Waals surface area contributed by atoms with Gasteiger partial charge in [0.1, 0.15) is 5.60 Å². The maximum atomic E-state index is 12.0. The number of amides is 1. The first-order valence-electron chi connectivity index (χ1n) is 8.57. The highest BCUT2D eigenvalue weighted by atomic mass is 16.6. The molecule has 0 aromatic heterocycles. The van der Waals surface area contributed by atoms with Gasteiger partial charge in [-0.1, -0.05) is 61.5 Å². The van der Waals surface area contributed by atoms with Crippen LogP contribution in [0.5, 0.6) is 0 Å². The average Bonchev–Trinajstić information content (AvgIpc) is 2.59. The van der Waals surface area contributed by atoms with E-state index >= 15 is 0 Å². The average molecular weight is 340 g/mol. The number of alkyl carbamates (subject to hydrolysis) is 1. The normalized spacial score (nSPS) is 13.8. The van der Waals surface area contributed by atoms with Crippen molar-refractivity contribution >= 4 is 6.09 Å². The molecule has 0 saturated carbocycles. The minimum atomic E-state index is -0.523. The monoisotopic (exact) mass is 340 g/mol. The van der Waals surface area contributed by atoms with Crippen LogP contribution in [0.25, 0.3) is 11.1 Å². The summed E-state index contributed by atoms with van der Waals surface area (Å²) >= 11 is 0. The van der Waals surface area contributed by atoms with Crippen LogP contribution in [0.15, 0.2) is 54.6 Å². The molecule has 0 aliphatic heterocycles. The van der Waals surface area contributed by atoms with Gasteiger partial charge in [0.15, 0.2) is 0 Å². The van der Waals surface area contributed by atoms with Gasteiger partial charge in [-0.2, -0.15) is 0 Å². The molecule has 0 spiro atoms. The predicted octanol–water partition coefficient (Wildman–Crippen LogP) is 4.09. The number of benzene rings is 2. The van der Waals surface area contributed by atoms with Crippen LogP contribution in [0.4, 0.5) is 4.79 Å². The van der Waals surface area contributed by atoms with Crippen molar-refractivity contribution in [1.29, 1.82) is 0 Å². The lowest BCUT2D eigenvalue weighted by atomic mass is 9.78. The molecule has 2 rings (SSSR count). The summed E-state index contributed by atoms with van der Waals surface area (Å²) in [6.07, 6.45) is -0.427. The second-order valence-corrected chi connectivity index (χ2v) is 7.53. The van der Waals surface area contributed by atoms with E-state index in [9.17, 15) is 4.79 Å². The molecule has 4 nitrogen and oxygen atoms in total. The second kappa shape index (κ2) is 7.70. The second-order valence-electron chi connectivity index (χ2n) is 7.53. The Labute approximate surface area is 150 Å². The first kappa shape index (κ1) is 19.0. The lowest BCUT2D eigenvalue weighted by molar-refractivity contribution is 0.0516. The lowest BCUT2D eigenvalue weighted by Crippen LogP contribution is -2.45. The molecule has 3 N–H and O–H groups in total. The van der Waals surface area contributed by atoms with Crippen LogP contribution in [0.2, 0.25) is 0 Å². The molecule has 0 fully saturated rings. The zero-order valence-electron chi connectivity index (χ0n) is 15.5. The lowest BCUT2D eigenvalue weighted by Gasteiger charge is -2.31. The molecule has 1 atom stereocenters. The number of hydrogen-bond acceptors (Lipinski definition) is 3. The van der Waals surface area contributed by atoms with Crippen molar-refractivity contribution < 1.29 is 9.53 Å². The fourth-order valence-corrected chi connectivity index (χ4v) is 2.74. The molecule has 0 saturated heterocycles. The molecule has 0 radical (unpaired) electrons. The Balaban J connectivity index is 2.26. The van der Waals surface area contributed by atoms with Crippen molar-refractivity contribution in [1.82, 2.24) is 5.32 Å². The number of nitrogens with one attached hydrogen (secondary N) is 1. The van der Waals surface area contributed by atoms with Gasteiger partial charge in [-0.3, -0.25) is 0 Å². The van der Waals surface area contributed by atoms with E-state index in [0.29, 0.717) is 13.1 Å². The van der Waals surface area contributed by atoms with Crippen LogP contribution in [0.1, 0.15) is 33.3 Å². The highest BCUT2D eigenvalue weighted by Crippen LogP contribution is 2.32. The number of carbonyl (C=O) groups excluding carboxylic acids is 1. The van der Waals surface area contributed by atoms with Crippen LogP contribution < -0.4 is 11.1 Å². The highest BCUT2D eigenvalue weighted by Gasteiger charge is 2.29. The molecular weight excluding hydrogens is 312 g/mol. The first-order chi connectivity index (χ1) is 11.7. The summed E-state index contributed by atoms with van der Waals surface area (Å²) in [7, 11) is 0. The van der Waals surface area contributed by atoms with E-state index in [-0.39, 0.29) is 0 Å². The van der Waals surface area contributed by atoms with Crippen LogP contribution >= 0.6 is 0 Å². The summed E-state index contributed by atoms with van der Waals surface area (Å²) in [5.41, 5.74) is 8.56. The number of rotatable bonds is 5. The van der Waals surface area contributed by atoms with Gasteiger partial charge in [0.2, 0.25) is 0 Å². The van der Waals surface area contributed by atoms with Gasteiger partial charge in [0.25, 0.3) is 0 Å². The van der Waals surface area contributed by atoms with Crippen LogP contribution in [0.3, 0.4) is 0 Å². The van der Waals surface area contributed by atoms with E-state index in [2.05, 4.69) is 36.5 Å². The number of carbonyl (C=O) groups is 1. The molecular formula is C21H28N2O2. The van der Waals surface area contributed by atoms with Crippen molar-refractivity contribution in [2.45, 2.75) is 38.7 Å². The molecule has 0 bridgehead atoms. The number of nitrogens with two attached hydrogens (primary N) is 1. The largest absolute Gasteiger partial charge is 0.444 e. The van der Waals surface area contributed by atoms with E-state index in [1.165, 1.54) is 0 Å². The van der Waals surface area contributed by atoms with E-state index < -0.39 is 17.1 Å². The third kappa shape index (κ3) is 5.07. The highest BCUT2D eigenvalue weighted by molar-refractivity contribution is 5.70. The summed E-state index contributed by atoms with van der Waals surface area (Å²) < 4.78 is 5.34. The quantitative estimate of drug-likeness (QED) is 0.861. The van der Waals surface area contributed by atoms with Gasteiger partial charge < -0.3 is 15.8 Å². The first-order valence-corrected chi connectivity index (χ1v) is 8.57. The molecule has 25 heavy (non-hydrogen) atoms. The van der Waals surface area contributed by atoms with E-state index in [1.54, 1.807) is 0 Å². The maximum Gasteiger partial charge on any atom is 0.407 e. The zero-order valence-corrected chi connectivity index (χ0v) is 15.5. The van der Waals surface area contributed by atoms with E-state index in [0.717, 1.165) is 16.7 Å². The minimum absolute atomic E-state index is 0.399. The molecule has 0 heterocycles. The smallest absolute Gasteiger partial charge is 0.407 e. The Bertz CT molecular complexity index is 707. The number of hydrogen-bond donors (Lipinski definition) is 2. The number of ether oxygens (including phenoxy) is 1. The van der Waals surface area contributed by atoms with Gasteiger partial charge in [0, 0.05) is 18.5 Å². The summed E-state index contributed by atoms with van der Waals surface area (Å²) in [5.74, 6) is 0. The van der Waals surface area contributed by atoms with Crippen molar-refractivity contribution in [3.63, 3.8) is 0 Å². The predicted molar refractivity (Wildman–Crippen MR) is 103 cm³/mol. The molecule has 0 aliphatic carbocycles.